The topological polar surface area (TPSA) is 69.0 Å². The van der Waals surface area contributed by atoms with Gasteiger partial charge in [0.1, 0.15) is 0 Å². The second-order valence-corrected chi connectivity index (χ2v) is 7.38. The number of rotatable bonds is 3. The molecule has 0 bridgehead atoms. The third-order valence-electron chi connectivity index (χ3n) is 5.77. The molecule has 3 heterocycles. The number of fused-ring (bicyclic) bond motifs is 2. The second kappa shape index (κ2) is 6.68. The molecule has 28 heavy (non-hydrogen) atoms. The van der Waals surface area contributed by atoms with E-state index in [1.54, 1.807) is 11.1 Å². The summed E-state index contributed by atoms with van der Waals surface area (Å²) in [4.78, 5) is 34.5. The number of hydrogen-bond donors (Lipinski definition) is 2. The Morgan fingerprint density at radius 2 is 1.54 bits per heavy atom. The Morgan fingerprint density at radius 1 is 0.857 bits per heavy atom. The van der Waals surface area contributed by atoms with Gasteiger partial charge >= 0.3 is 0 Å². The van der Waals surface area contributed by atoms with E-state index in [-0.39, 0.29) is 6.04 Å². The lowest BCUT2D eigenvalue weighted by Gasteiger charge is -2.35. The molecule has 5 nitrogen and oxygen atoms in total. The highest BCUT2D eigenvalue weighted by Gasteiger charge is 2.34. The maximum Gasteiger partial charge on any atom is 0.295 e. The predicted octanol–water partition coefficient (Wildman–Crippen LogP) is 4.59. The van der Waals surface area contributed by atoms with Crippen LogP contribution >= 0.6 is 0 Å². The molecule has 2 aromatic heterocycles. The summed E-state index contributed by atoms with van der Waals surface area (Å²) in [5.74, 6) is -0.857. The number of H-pyrrole nitrogens is 2. The SMILES string of the molecule is O=C(C(=O)N1CCCC[C@@H]1c1c[nH]c2ccccc12)c1c[nH]c2ccccc12. The van der Waals surface area contributed by atoms with Gasteiger partial charge in [0.15, 0.2) is 0 Å². The largest absolute Gasteiger partial charge is 0.361 e. The fourth-order valence-corrected chi connectivity index (χ4v) is 4.37. The minimum atomic E-state index is -0.441. The van der Waals surface area contributed by atoms with Gasteiger partial charge in [-0.2, -0.15) is 0 Å². The molecule has 0 saturated carbocycles. The van der Waals surface area contributed by atoms with Gasteiger partial charge in [-0.1, -0.05) is 36.4 Å². The monoisotopic (exact) mass is 371 g/mol. The van der Waals surface area contributed by atoms with Crippen LogP contribution in [0.25, 0.3) is 21.8 Å². The molecule has 0 unspecified atom stereocenters. The molecule has 5 heteroatoms. The van der Waals surface area contributed by atoms with Gasteiger partial charge in [-0.3, -0.25) is 9.59 Å². The number of nitrogens with one attached hydrogen (secondary N) is 2. The van der Waals surface area contributed by atoms with Crippen molar-refractivity contribution in [2.24, 2.45) is 0 Å². The first-order chi connectivity index (χ1) is 13.7. The van der Waals surface area contributed by atoms with E-state index in [0.29, 0.717) is 12.1 Å². The number of hydrogen-bond acceptors (Lipinski definition) is 2. The van der Waals surface area contributed by atoms with E-state index in [0.717, 1.165) is 46.6 Å². The van der Waals surface area contributed by atoms with Crippen molar-refractivity contribution in [1.29, 1.82) is 0 Å². The molecule has 5 rings (SSSR count). The van der Waals surface area contributed by atoms with E-state index in [9.17, 15) is 9.59 Å². The van der Waals surface area contributed by atoms with E-state index >= 15 is 0 Å². The van der Waals surface area contributed by atoms with Crippen LogP contribution in [0.15, 0.2) is 60.9 Å². The van der Waals surface area contributed by atoms with Crippen molar-refractivity contribution < 1.29 is 9.59 Å². The molecule has 4 aromatic rings. The van der Waals surface area contributed by atoms with Gasteiger partial charge in [0.2, 0.25) is 0 Å². The average Bonchev–Trinajstić information content (AvgIpc) is 3.37. The Labute approximate surface area is 162 Å². The number of aromatic nitrogens is 2. The maximum absolute atomic E-state index is 13.2. The fourth-order valence-electron chi connectivity index (χ4n) is 4.37. The zero-order valence-electron chi connectivity index (χ0n) is 15.4. The van der Waals surface area contributed by atoms with Crippen molar-refractivity contribution in [1.82, 2.24) is 14.9 Å². The minimum Gasteiger partial charge on any atom is -0.361 e. The van der Waals surface area contributed by atoms with E-state index in [2.05, 4.69) is 16.0 Å². The fraction of sp³-hybridized carbons (Fsp3) is 0.217. The lowest BCUT2D eigenvalue weighted by molar-refractivity contribution is -0.130. The highest BCUT2D eigenvalue weighted by Crippen LogP contribution is 2.35. The number of ketones is 1. The second-order valence-electron chi connectivity index (χ2n) is 7.38. The highest BCUT2D eigenvalue weighted by atomic mass is 16.2. The first-order valence-corrected chi connectivity index (χ1v) is 9.71. The number of carbonyl (C=O) groups is 2. The van der Waals surface area contributed by atoms with Crippen LogP contribution in [0.4, 0.5) is 0 Å². The van der Waals surface area contributed by atoms with Crippen LogP contribution in [0.2, 0.25) is 0 Å². The number of piperidine rings is 1. The Morgan fingerprint density at radius 3 is 2.36 bits per heavy atom. The van der Waals surface area contributed by atoms with Crippen molar-refractivity contribution in [3.8, 4) is 0 Å². The van der Waals surface area contributed by atoms with Crippen molar-refractivity contribution >= 4 is 33.5 Å². The van der Waals surface area contributed by atoms with Crippen LogP contribution in [-0.4, -0.2) is 33.1 Å². The number of amides is 1. The first-order valence-electron chi connectivity index (χ1n) is 9.71. The van der Waals surface area contributed by atoms with Crippen LogP contribution in [0.3, 0.4) is 0 Å². The number of carbonyl (C=O) groups excluding carboxylic acids is 2. The standard InChI is InChI=1S/C23H21N3O2/c27-22(18-14-25-20-10-4-2-8-16(18)20)23(28)26-12-6-5-11-21(26)17-13-24-19-9-3-1-7-15(17)19/h1-4,7-10,13-14,21,24-25H,5-6,11-12H2/t21-/m1/s1. The number of benzene rings is 2. The van der Waals surface area contributed by atoms with Crippen molar-refractivity contribution in [2.45, 2.75) is 25.3 Å². The molecule has 1 aliphatic rings. The highest BCUT2D eigenvalue weighted by molar-refractivity contribution is 6.45. The minimum absolute atomic E-state index is 0.0773. The summed E-state index contributed by atoms with van der Waals surface area (Å²) in [6.07, 6.45) is 6.47. The van der Waals surface area contributed by atoms with Crippen molar-refractivity contribution in [3.05, 3.63) is 72.1 Å². The number of nitrogens with zero attached hydrogens (tertiary/aromatic N) is 1. The lowest BCUT2D eigenvalue weighted by atomic mass is 9.94. The van der Waals surface area contributed by atoms with Gasteiger partial charge in [-0.15, -0.1) is 0 Å². The molecule has 0 aliphatic carbocycles. The van der Waals surface area contributed by atoms with Gasteiger partial charge in [-0.25, -0.2) is 0 Å². The summed E-state index contributed by atoms with van der Waals surface area (Å²) in [6, 6.07) is 15.6. The third-order valence-corrected chi connectivity index (χ3v) is 5.77. The number of para-hydroxylation sites is 2. The number of aromatic amines is 2. The molecule has 2 N–H and O–H groups in total. The Balaban J connectivity index is 1.51. The molecule has 1 fully saturated rings. The molecule has 1 saturated heterocycles. The molecular weight excluding hydrogens is 350 g/mol. The molecule has 1 amide bonds. The molecule has 1 atom stereocenters. The van der Waals surface area contributed by atoms with Crippen LogP contribution in [0, 0.1) is 0 Å². The van der Waals surface area contributed by atoms with E-state index in [4.69, 9.17) is 0 Å². The quantitative estimate of drug-likeness (QED) is 0.409. The zero-order chi connectivity index (χ0) is 19.1. The van der Waals surface area contributed by atoms with Gasteiger partial charge in [0, 0.05) is 40.7 Å². The van der Waals surface area contributed by atoms with Crippen molar-refractivity contribution in [2.75, 3.05) is 6.54 Å². The zero-order valence-corrected chi connectivity index (χ0v) is 15.4. The summed E-state index contributed by atoms with van der Waals surface area (Å²) in [5, 5.41) is 1.91. The molecule has 0 radical (unpaired) electrons. The summed E-state index contributed by atoms with van der Waals surface area (Å²) in [5.41, 5.74) is 3.46. The first kappa shape index (κ1) is 16.8. The van der Waals surface area contributed by atoms with Gasteiger partial charge in [-0.05, 0) is 37.0 Å². The Bertz CT molecular complexity index is 1190. The van der Waals surface area contributed by atoms with E-state index in [1.807, 2.05) is 48.7 Å². The molecular formula is C23H21N3O2. The number of Topliss-reactive ketones (excluding diaryl/α,β-unsaturated/α-hetero) is 1. The summed E-state index contributed by atoms with van der Waals surface area (Å²) >= 11 is 0. The van der Waals surface area contributed by atoms with Gasteiger partial charge in [0.25, 0.3) is 11.7 Å². The number of likely N-dealkylation sites (tertiary alicyclic amines) is 1. The maximum atomic E-state index is 13.2. The van der Waals surface area contributed by atoms with E-state index in [1.165, 1.54) is 0 Å². The van der Waals surface area contributed by atoms with E-state index < -0.39 is 11.7 Å². The smallest absolute Gasteiger partial charge is 0.295 e. The average molecular weight is 371 g/mol. The normalized spacial score (nSPS) is 17.3. The molecule has 0 spiro atoms. The van der Waals surface area contributed by atoms with Crippen LogP contribution < -0.4 is 0 Å². The summed E-state index contributed by atoms with van der Waals surface area (Å²) in [6.45, 7) is 0.608. The van der Waals surface area contributed by atoms with Crippen LogP contribution in [0.5, 0.6) is 0 Å². The predicted molar refractivity (Wildman–Crippen MR) is 109 cm³/mol. The molecule has 2 aromatic carbocycles. The third kappa shape index (κ3) is 2.62. The summed E-state index contributed by atoms with van der Waals surface area (Å²) in [7, 11) is 0. The van der Waals surface area contributed by atoms with Gasteiger partial charge in [0.05, 0.1) is 11.6 Å². The van der Waals surface area contributed by atoms with Crippen LogP contribution in [-0.2, 0) is 4.79 Å². The van der Waals surface area contributed by atoms with Crippen LogP contribution in [0.1, 0.15) is 41.2 Å². The Hall–Kier alpha value is -3.34. The lowest BCUT2D eigenvalue weighted by Crippen LogP contribution is -2.42. The molecule has 1 aliphatic heterocycles. The Kier molecular flexibility index (Phi) is 4.01. The summed E-state index contributed by atoms with van der Waals surface area (Å²) < 4.78 is 0. The van der Waals surface area contributed by atoms with Gasteiger partial charge < -0.3 is 14.9 Å². The molecule has 140 valence electrons. The van der Waals surface area contributed by atoms with Crippen molar-refractivity contribution in [3.63, 3.8) is 0 Å².